The summed E-state index contributed by atoms with van der Waals surface area (Å²) in [5.41, 5.74) is 6.34. The number of nitrogen functional groups attached to an aromatic ring is 1. The molecule has 0 aliphatic heterocycles. The Hall–Kier alpha value is -1.20. The Labute approximate surface area is 120 Å². The number of halogens is 3. The molecule has 5 heteroatoms. The van der Waals surface area contributed by atoms with E-state index in [1.54, 1.807) is 18.2 Å². The van der Waals surface area contributed by atoms with Crippen LogP contribution in [0.1, 0.15) is 15.9 Å². The molecule has 0 spiro atoms. The van der Waals surface area contributed by atoms with Crippen LogP contribution in [0.25, 0.3) is 0 Å². The van der Waals surface area contributed by atoms with Crippen molar-refractivity contribution in [3.63, 3.8) is 0 Å². The topological polar surface area (TPSA) is 43.1 Å². The third kappa shape index (κ3) is 2.62. The Morgan fingerprint density at radius 2 is 1.56 bits per heavy atom. The van der Waals surface area contributed by atoms with E-state index in [1.807, 2.05) is 0 Å². The van der Waals surface area contributed by atoms with E-state index in [-0.39, 0.29) is 11.1 Å². The van der Waals surface area contributed by atoms with Gasteiger partial charge in [0.1, 0.15) is 5.82 Å². The lowest BCUT2D eigenvalue weighted by Gasteiger charge is -2.07. The van der Waals surface area contributed by atoms with Gasteiger partial charge in [-0.1, -0.05) is 31.9 Å². The highest BCUT2D eigenvalue weighted by Crippen LogP contribution is 2.24. The quantitative estimate of drug-likeness (QED) is 0.635. The van der Waals surface area contributed by atoms with E-state index in [1.165, 1.54) is 18.2 Å². The number of carbonyl (C=O) groups excluding carboxylic acids is 1. The maximum Gasteiger partial charge on any atom is 0.198 e. The smallest absolute Gasteiger partial charge is 0.198 e. The molecule has 18 heavy (non-hydrogen) atoms. The first-order valence-electron chi connectivity index (χ1n) is 5.04. The Morgan fingerprint density at radius 3 is 2.22 bits per heavy atom. The molecular formula is C13H8Br2FNO. The normalized spacial score (nSPS) is 10.4. The first-order valence-corrected chi connectivity index (χ1v) is 6.62. The maximum atomic E-state index is 13.6. The first kappa shape index (κ1) is 13.2. The lowest BCUT2D eigenvalue weighted by molar-refractivity contribution is 0.103. The average Bonchev–Trinajstić information content (AvgIpc) is 2.34. The second-order valence-corrected chi connectivity index (χ2v) is 5.52. The molecule has 0 unspecified atom stereocenters. The summed E-state index contributed by atoms with van der Waals surface area (Å²) in [6.07, 6.45) is 0. The monoisotopic (exact) mass is 371 g/mol. The highest BCUT2D eigenvalue weighted by atomic mass is 79.9. The Kier molecular flexibility index (Phi) is 3.82. The van der Waals surface area contributed by atoms with E-state index >= 15 is 0 Å². The summed E-state index contributed by atoms with van der Waals surface area (Å²) in [5.74, 6) is -1.00. The molecule has 0 radical (unpaired) electrons. The van der Waals surface area contributed by atoms with Gasteiger partial charge >= 0.3 is 0 Å². The van der Waals surface area contributed by atoms with Crippen molar-refractivity contribution in [2.75, 3.05) is 5.73 Å². The van der Waals surface area contributed by atoms with Crippen LogP contribution in [-0.4, -0.2) is 5.78 Å². The van der Waals surface area contributed by atoms with Gasteiger partial charge in [-0.2, -0.15) is 0 Å². The van der Waals surface area contributed by atoms with Crippen LogP contribution >= 0.6 is 31.9 Å². The van der Waals surface area contributed by atoms with Crippen LogP contribution in [0.5, 0.6) is 0 Å². The van der Waals surface area contributed by atoms with Crippen molar-refractivity contribution in [2.24, 2.45) is 0 Å². The summed E-state index contributed by atoms with van der Waals surface area (Å²) in [6.45, 7) is 0. The minimum absolute atomic E-state index is 0.00539. The summed E-state index contributed by atoms with van der Waals surface area (Å²) in [4.78, 5) is 12.2. The van der Waals surface area contributed by atoms with E-state index in [2.05, 4.69) is 31.9 Å². The minimum atomic E-state index is -0.567. The number of rotatable bonds is 2. The molecule has 0 atom stereocenters. The third-order valence-electron chi connectivity index (χ3n) is 2.43. The molecule has 2 nitrogen and oxygen atoms in total. The number of nitrogens with two attached hydrogens (primary N) is 1. The molecule has 0 amide bonds. The van der Waals surface area contributed by atoms with Crippen LogP contribution in [0.3, 0.4) is 0 Å². The first-order chi connectivity index (χ1) is 8.49. The van der Waals surface area contributed by atoms with Crippen molar-refractivity contribution in [1.29, 1.82) is 0 Å². The van der Waals surface area contributed by atoms with Crippen molar-refractivity contribution < 1.29 is 9.18 Å². The molecule has 92 valence electrons. The summed E-state index contributed by atoms with van der Waals surface area (Å²) >= 11 is 6.47. The molecule has 0 heterocycles. The minimum Gasteiger partial charge on any atom is -0.398 e. The van der Waals surface area contributed by atoms with Gasteiger partial charge in [0.2, 0.25) is 0 Å². The van der Waals surface area contributed by atoms with Gasteiger partial charge in [0, 0.05) is 20.2 Å². The predicted molar refractivity (Wildman–Crippen MR) is 76.1 cm³/mol. The van der Waals surface area contributed by atoms with Gasteiger partial charge in [0.25, 0.3) is 0 Å². The number of hydrogen-bond acceptors (Lipinski definition) is 2. The summed E-state index contributed by atoms with van der Waals surface area (Å²) < 4.78 is 15.0. The predicted octanol–water partition coefficient (Wildman–Crippen LogP) is 4.16. The molecule has 0 bridgehead atoms. The van der Waals surface area contributed by atoms with Crippen molar-refractivity contribution in [1.82, 2.24) is 0 Å². The van der Waals surface area contributed by atoms with E-state index in [9.17, 15) is 9.18 Å². The average molecular weight is 373 g/mol. The number of anilines is 1. The standard InChI is InChI=1S/C13H8Br2FNO/c14-7-1-3-11(16)9(5-7)13(18)10-6-8(15)2-4-12(10)17/h1-6H,17H2. The van der Waals surface area contributed by atoms with Crippen LogP contribution in [-0.2, 0) is 0 Å². The number of ketones is 1. The number of benzene rings is 2. The van der Waals surface area contributed by atoms with Crippen molar-refractivity contribution in [3.8, 4) is 0 Å². The van der Waals surface area contributed by atoms with Crippen LogP contribution in [0.2, 0.25) is 0 Å². The van der Waals surface area contributed by atoms with E-state index < -0.39 is 11.6 Å². The molecule has 0 aliphatic rings. The number of hydrogen-bond donors (Lipinski definition) is 1. The van der Waals surface area contributed by atoms with Gasteiger partial charge in [-0.3, -0.25) is 4.79 Å². The van der Waals surface area contributed by atoms with Crippen molar-refractivity contribution in [2.45, 2.75) is 0 Å². The fourth-order valence-corrected chi connectivity index (χ4v) is 2.26. The molecule has 2 N–H and O–H groups in total. The molecule has 0 fully saturated rings. The lowest BCUT2D eigenvalue weighted by Crippen LogP contribution is -2.07. The maximum absolute atomic E-state index is 13.6. The zero-order valence-corrected chi connectivity index (χ0v) is 12.3. The van der Waals surface area contributed by atoms with Crippen molar-refractivity contribution in [3.05, 3.63) is 62.3 Å². The molecule has 2 aromatic rings. The second-order valence-electron chi connectivity index (χ2n) is 3.68. The highest BCUT2D eigenvalue weighted by Gasteiger charge is 2.17. The van der Waals surface area contributed by atoms with Crippen LogP contribution in [0.4, 0.5) is 10.1 Å². The summed E-state index contributed by atoms with van der Waals surface area (Å²) in [7, 11) is 0. The van der Waals surface area contributed by atoms with Gasteiger partial charge in [-0.15, -0.1) is 0 Å². The molecular weight excluding hydrogens is 365 g/mol. The van der Waals surface area contributed by atoms with Gasteiger partial charge in [-0.05, 0) is 36.4 Å². The molecule has 2 rings (SSSR count). The van der Waals surface area contributed by atoms with E-state index in [0.717, 1.165) is 4.47 Å². The molecule has 0 saturated heterocycles. The Morgan fingerprint density at radius 1 is 1.00 bits per heavy atom. The lowest BCUT2D eigenvalue weighted by atomic mass is 10.0. The number of carbonyl (C=O) groups is 1. The zero-order chi connectivity index (χ0) is 13.3. The zero-order valence-electron chi connectivity index (χ0n) is 9.08. The largest absolute Gasteiger partial charge is 0.398 e. The van der Waals surface area contributed by atoms with E-state index in [0.29, 0.717) is 10.2 Å². The van der Waals surface area contributed by atoms with Crippen LogP contribution in [0, 0.1) is 5.82 Å². The molecule has 0 aromatic heterocycles. The van der Waals surface area contributed by atoms with Gasteiger partial charge in [0.05, 0.1) is 5.56 Å². The fraction of sp³-hybridized carbons (Fsp3) is 0. The van der Waals surface area contributed by atoms with Crippen LogP contribution in [0.15, 0.2) is 45.3 Å². The van der Waals surface area contributed by atoms with Crippen molar-refractivity contribution >= 4 is 43.3 Å². The van der Waals surface area contributed by atoms with Crippen LogP contribution < -0.4 is 5.73 Å². The molecule has 0 saturated carbocycles. The third-order valence-corrected chi connectivity index (χ3v) is 3.42. The summed E-state index contributed by atoms with van der Waals surface area (Å²) in [6, 6.07) is 9.13. The Bertz CT molecular complexity index is 575. The SMILES string of the molecule is Nc1ccc(Br)cc1C(=O)c1cc(Br)ccc1F. The van der Waals surface area contributed by atoms with E-state index in [4.69, 9.17) is 5.73 Å². The highest BCUT2D eigenvalue weighted by molar-refractivity contribution is 9.10. The molecule has 0 aliphatic carbocycles. The fourth-order valence-electron chi connectivity index (χ4n) is 1.54. The summed E-state index contributed by atoms with van der Waals surface area (Å²) in [5, 5.41) is 0. The molecule has 2 aromatic carbocycles. The van der Waals surface area contributed by atoms with Gasteiger partial charge in [-0.25, -0.2) is 4.39 Å². The second kappa shape index (κ2) is 5.20. The van der Waals surface area contributed by atoms with Gasteiger partial charge < -0.3 is 5.73 Å². The van der Waals surface area contributed by atoms with Gasteiger partial charge in [0.15, 0.2) is 5.78 Å². The Balaban J connectivity index is 2.54.